The highest BCUT2D eigenvalue weighted by atomic mass is 16.6. The molecule has 18 heavy (non-hydrogen) atoms. The molecule has 0 spiro atoms. The summed E-state index contributed by atoms with van der Waals surface area (Å²) in [4.78, 5) is 25.3. The van der Waals surface area contributed by atoms with Crippen LogP contribution < -0.4 is 0 Å². The maximum absolute atomic E-state index is 11.9. The van der Waals surface area contributed by atoms with Gasteiger partial charge in [0.1, 0.15) is 5.60 Å². The first-order valence-electron chi connectivity index (χ1n) is 6.09. The Balaban J connectivity index is 2.79. The van der Waals surface area contributed by atoms with Gasteiger partial charge in [-0.15, -0.1) is 6.42 Å². The summed E-state index contributed by atoms with van der Waals surface area (Å²) in [6, 6.07) is 0. The average molecular weight is 251 g/mol. The molecule has 4 nitrogen and oxygen atoms in total. The number of carbonyl (C=O) groups excluding carboxylic acids is 2. The zero-order chi connectivity index (χ0) is 14.1. The van der Waals surface area contributed by atoms with Crippen LogP contribution in [-0.4, -0.2) is 35.5 Å². The van der Waals surface area contributed by atoms with Gasteiger partial charge in [0.2, 0.25) is 5.78 Å². The fourth-order valence-corrected chi connectivity index (χ4v) is 2.07. The van der Waals surface area contributed by atoms with Crippen molar-refractivity contribution < 1.29 is 14.3 Å². The van der Waals surface area contributed by atoms with Crippen molar-refractivity contribution in [3.05, 3.63) is 0 Å². The third-order valence-electron chi connectivity index (χ3n) is 3.40. The van der Waals surface area contributed by atoms with E-state index in [2.05, 4.69) is 5.92 Å². The molecule has 2 atom stereocenters. The summed E-state index contributed by atoms with van der Waals surface area (Å²) in [6.07, 6.45) is 4.80. The predicted molar refractivity (Wildman–Crippen MR) is 68.9 cm³/mol. The van der Waals surface area contributed by atoms with Crippen LogP contribution in [-0.2, 0) is 9.53 Å². The Morgan fingerprint density at radius 1 is 1.44 bits per heavy atom. The summed E-state index contributed by atoms with van der Waals surface area (Å²) in [6.45, 7) is 10.0. The van der Waals surface area contributed by atoms with Gasteiger partial charge in [-0.2, -0.15) is 0 Å². The third-order valence-corrected chi connectivity index (χ3v) is 3.40. The van der Waals surface area contributed by atoms with Gasteiger partial charge in [-0.05, 0) is 39.5 Å². The van der Waals surface area contributed by atoms with Crippen molar-refractivity contribution in [2.24, 2.45) is 11.3 Å². The number of terminal acetylenes is 1. The molecule has 0 saturated carbocycles. The van der Waals surface area contributed by atoms with Crippen LogP contribution in [0.5, 0.6) is 0 Å². The lowest BCUT2D eigenvalue weighted by molar-refractivity contribution is -0.122. The predicted octanol–water partition coefficient (Wildman–Crippen LogP) is 2.08. The fraction of sp³-hybridized carbons (Fsp3) is 0.714. The fourth-order valence-electron chi connectivity index (χ4n) is 2.07. The first-order valence-corrected chi connectivity index (χ1v) is 6.09. The number of hydrogen-bond donors (Lipinski definition) is 0. The highest BCUT2D eigenvalue weighted by molar-refractivity contribution is 6.00. The third kappa shape index (κ3) is 2.84. The molecule has 0 bridgehead atoms. The van der Waals surface area contributed by atoms with E-state index >= 15 is 0 Å². The average Bonchev–Trinajstić information content (AvgIpc) is 2.53. The number of amides is 1. The van der Waals surface area contributed by atoms with Gasteiger partial charge in [0.05, 0.1) is 5.41 Å². The van der Waals surface area contributed by atoms with E-state index in [-0.39, 0.29) is 17.8 Å². The molecule has 0 aliphatic carbocycles. The standard InChI is InChI=1S/C14H21NO3/c1-7-11(16)14(6)9-15(8-10(14)2)12(17)18-13(3,4)5/h1,10H,8-9H2,2-6H3. The lowest BCUT2D eigenvalue weighted by Gasteiger charge is -2.26. The van der Waals surface area contributed by atoms with E-state index in [1.165, 1.54) is 0 Å². The van der Waals surface area contributed by atoms with Gasteiger partial charge in [-0.1, -0.05) is 6.92 Å². The lowest BCUT2D eigenvalue weighted by atomic mass is 9.77. The monoisotopic (exact) mass is 251 g/mol. The van der Waals surface area contributed by atoms with Crippen molar-refractivity contribution >= 4 is 11.9 Å². The molecule has 0 aromatic carbocycles. The molecule has 100 valence electrons. The van der Waals surface area contributed by atoms with E-state index in [9.17, 15) is 9.59 Å². The first kappa shape index (κ1) is 14.6. The van der Waals surface area contributed by atoms with E-state index < -0.39 is 11.0 Å². The largest absolute Gasteiger partial charge is 0.444 e. The highest BCUT2D eigenvalue weighted by Crippen LogP contribution is 2.36. The normalized spacial score (nSPS) is 27.8. The summed E-state index contributed by atoms with van der Waals surface area (Å²) < 4.78 is 5.30. The summed E-state index contributed by atoms with van der Waals surface area (Å²) in [5.41, 5.74) is -1.19. The van der Waals surface area contributed by atoms with Crippen molar-refractivity contribution in [3.8, 4) is 12.3 Å². The Kier molecular flexibility index (Phi) is 3.75. The van der Waals surface area contributed by atoms with Gasteiger partial charge in [-0.25, -0.2) is 4.79 Å². The van der Waals surface area contributed by atoms with E-state index in [1.807, 2.05) is 34.6 Å². The second-order valence-electron chi connectivity index (χ2n) is 6.15. The summed E-state index contributed by atoms with van der Waals surface area (Å²) in [5.74, 6) is 1.95. The van der Waals surface area contributed by atoms with Crippen LogP contribution in [0, 0.1) is 23.7 Å². The summed E-state index contributed by atoms with van der Waals surface area (Å²) >= 11 is 0. The molecule has 4 heteroatoms. The molecule has 1 aliphatic heterocycles. The molecule has 1 saturated heterocycles. The quantitative estimate of drug-likeness (QED) is 0.529. The highest BCUT2D eigenvalue weighted by Gasteiger charge is 2.47. The zero-order valence-electron chi connectivity index (χ0n) is 11.7. The Hall–Kier alpha value is -1.50. The molecule has 1 aliphatic rings. The molecular formula is C14H21NO3. The Morgan fingerprint density at radius 3 is 2.44 bits per heavy atom. The minimum absolute atomic E-state index is 0.0357. The van der Waals surface area contributed by atoms with Crippen LogP contribution in [0.4, 0.5) is 4.79 Å². The molecule has 0 aromatic rings. The van der Waals surface area contributed by atoms with Crippen LogP contribution in [0.3, 0.4) is 0 Å². The van der Waals surface area contributed by atoms with Crippen LogP contribution in [0.2, 0.25) is 0 Å². The van der Waals surface area contributed by atoms with Gasteiger partial charge >= 0.3 is 6.09 Å². The van der Waals surface area contributed by atoms with Gasteiger partial charge in [0.25, 0.3) is 0 Å². The van der Waals surface area contributed by atoms with E-state index in [1.54, 1.807) is 4.90 Å². The molecular weight excluding hydrogens is 230 g/mol. The Bertz CT molecular complexity index is 402. The summed E-state index contributed by atoms with van der Waals surface area (Å²) in [5, 5.41) is 0. The van der Waals surface area contributed by atoms with E-state index in [0.29, 0.717) is 13.1 Å². The number of carbonyl (C=O) groups is 2. The molecule has 0 radical (unpaired) electrons. The van der Waals surface area contributed by atoms with Gasteiger partial charge < -0.3 is 9.64 Å². The van der Waals surface area contributed by atoms with Gasteiger partial charge in [-0.3, -0.25) is 4.79 Å². The number of ketones is 1. The minimum Gasteiger partial charge on any atom is -0.444 e. The number of rotatable bonds is 1. The summed E-state index contributed by atoms with van der Waals surface area (Å²) in [7, 11) is 0. The SMILES string of the molecule is C#CC(=O)C1(C)CN(C(=O)OC(C)(C)C)CC1C. The van der Waals surface area contributed by atoms with Crippen LogP contribution in [0.1, 0.15) is 34.6 Å². The van der Waals surface area contributed by atoms with Crippen molar-refractivity contribution in [1.29, 1.82) is 0 Å². The van der Waals surface area contributed by atoms with Crippen LogP contribution in [0.25, 0.3) is 0 Å². The van der Waals surface area contributed by atoms with Gasteiger partial charge in [0.15, 0.2) is 0 Å². The second-order valence-corrected chi connectivity index (χ2v) is 6.15. The Labute approximate surface area is 109 Å². The Morgan fingerprint density at radius 2 is 2.00 bits per heavy atom. The van der Waals surface area contributed by atoms with Crippen LogP contribution in [0.15, 0.2) is 0 Å². The lowest BCUT2D eigenvalue weighted by Crippen LogP contribution is -2.38. The first-order chi connectivity index (χ1) is 8.10. The molecule has 1 rings (SSSR count). The van der Waals surface area contributed by atoms with Crippen molar-refractivity contribution in [2.45, 2.75) is 40.2 Å². The van der Waals surface area contributed by atoms with E-state index in [0.717, 1.165) is 0 Å². The number of nitrogens with zero attached hydrogens (tertiary/aromatic N) is 1. The smallest absolute Gasteiger partial charge is 0.410 e. The molecule has 0 aromatic heterocycles. The van der Waals surface area contributed by atoms with Crippen molar-refractivity contribution in [2.75, 3.05) is 13.1 Å². The van der Waals surface area contributed by atoms with Gasteiger partial charge in [0, 0.05) is 13.1 Å². The molecule has 1 amide bonds. The maximum Gasteiger partial charge on any atom is 0.410 e. The van der Waals surface area contributed by atoms with Crippen LogP contribution >= 0.6 is 0 Å². The molecule has 2 unspecified atom stereocenters. The maximum atomic E-state index is 11.9. The number of likely N-dealkylation sites (tertiary alicyclic amines) is 1. The van der Waals surface area contributed by atoms with Crippen molar-refractivity contribution in [1.82, 2.24) is 4.90 Å². The topological polar surface area (TPSA) is 46.6 Å². The second kappa shape index (κ2) is 4.64. The molecule has 1 heterocycles. The number of Topliss-reactive ketones (excluding diaryl/α,β-unsaturated/α-hetero) is 1. The molecule has 0 N–H and O–H groups in total. The van der Waals surface area contributed by atoms with Crippen molar-refractivity contribution in [3.63, 3.8) is 0 Å². The van der Waals surface area contributed by atoms with E-state index in [4.69, 9.17) is 11.2 Å². The zero-order valence-corrected chi connectivity index (χ0v) is 11.7. The number of hydrogen-bond acceptors (Lipinski definition) is 3. The molecule has 1 fully saturated rings. The number of ether oxygens (including phenoxy) is 1. The minimum atomic E-state index is -0.661.